The molecule has 2 aromatic rings. The van der Waals surface area contributed by atoms with Crippen LogP contribution in [-0.2, 0) is 12.8 Å². The fraction of sp³-hybridized carbons (Fsp3) is 0.231. The van der Waals surface area contributed by atoms with E-state index in [2.05, 4.69) is 0 Å². The molecule has 84 valence electrons. The number of rotatable bonds is 4. The van der Waals surface area contributed by atoms with Crippen molar-refractivity contribution in [3.8, 4) is 0 Å². The summed E-state index contributed by atoms with van der Waals surface area (Å²) in [5, 5.41) is 0. The Kier molecular flexibility index (Phi) is 3.37. The topological polar surface area (TPSA) is 39.2 Å². The van der Waals surface area contributed by atoms with Crippen molar-refractivity contribution in [1.82, 2.24) is 0 Å². The van der Waals surface area contributed by atoms with E-state index in [4.69, 9.17) is 10.2 Å². The number of furan rings is 1. The molecule has 2 nitrogen and oxygen atoms in total. The molecular weight excluding hydrogens is 205 g/mol. The highest BCUT2D eigenvalue weighted by molar-refractivity contribution is 5.23. The summed E-state index contributed by atoms with van der Waals surface area (Å²) in [6, 6.07) is 10.5. The van der Waals surface area contributed by atoms with Gasteiger partial charge in [0.1, 0.15) is 17.3 Å². The largest absolute Gasteiger partial charge is 0.466 e. The van der Waals surface area contributed by atoms with Crippen LogP contribution in [0.2, 0.25) is 0 Å². The molecule has 0 radical (unpaired) electrons. The minimum atomic E-state index is -0.195. The van der Waals surface area contributed by atoms with E-state index in [1.807, 2.05) is 18.2 Å². The second kappa shape index (κ2) is 4.94. The molecule has 0 unspecified atom stereocenters. The van der Waals surface area contributed by atoms with Crippen molar-refractivity contribution in [3.05, 3.63) is 59.3 Å². The average Bonchev–Trinajstić information content (AvgIpc) is 2.70. The van der Waals surface area contributed by atoms with Crippen LogP contribution in [0.5, 0.6) is 0 Å². The summed E-state index contributed by atoms with van der Waals surface area (Å²) >= 11 is 0. The summed E-state index contributed by atoms with van der Waals surface area (Å²) in [5.41, 5.74) is 6.08. The van der Waals surface area contributed by atoms with Gasteiger partial charge in [0.15, 0.2) is 0 Å². The lowest BCUT2D eigenvalue weighted by atomic mass is 10.1. The van der Waals surface area contributed by atoms with Crippen molar-refractivity contribution in [1.29, 1.82) is 0 Å². The zero-order valence-electron chi connectivity index (χ0n) is 8.95. The zero-order valence-corrected chi connectivity index (χ0v) is 8.95. The predicted octanol–water partition coefficient (Wildman–Crippen LogP) is 2.51. The van der Waals surface area contributed by atoms with Gasteiger partial charge in [-0.15, -0.1) is 0 Å². The second-order valence-electron chi connectivity index (χ2n) is 3.67. The van der Waals surface area contributed by atoms with Crippen molar-refractivity contribution in [2.45, 2.75) is 12.8 Å². The van der Waals surface area contributed by atoms with E-state index in [-0.39, 0.29) is 5.82 Å². The number of nitrogens with two attached hydrogens (primary N) is 1. The van der Waals surface area contributed by atoms with E-state index in [9.17, 15) is 4.39 Å². The third kappa shape index (κ3) is 2.49. The predicted molar refractivity (Wildman–Crippen MR) is 60.7 cm³/mol. The minimum absolute atomic E-state index is 0.195. The van der Waals surface area contributed by atoms with Gasteiger partial charge in [0.25, 0.3) is 0 Å². The second-order valence-corrected chi connectivity index (χ2v) is 3.67. The van der Waals surface area contributed by atoms with Crippen LogP contribution >= 0.6 is 0 Å². The molecule has 0 spiro atoms. The van der Waals surface area contributed by atoms with Crippen molar-refractivity contribution in [2.75, 3.05) is 6.54 Å². The first kappa shape index (κ1) is 10.9. The molecule has 0 bridgehead atoms. The van der Waals surface area contributed by atoms with Crippen LogP contribution in [0, 0.1) is 5.82 Å². The summed E-state index contributed by atoms with van der Waals surface area (Å²) < 4.78 is 18.9. The van der Waals surface area contributed by atoms with E-state index in [1.54, 1.807) is 12.1 Å². The molecule has 0 fully saturated rings. The Morgan fingerprint density at radius 3 is 2.56 bits per heavy atom. The van der Waals surface area contributed by atoms with Gasteiger partial charge in [0, 0.05) is 12.8 Å². The van der Waals surface area contributed by atoms with Crippen molar-refractivity contribution in [2.24, 2.45) is 5.73 Å². The van der Waals surface area contributed by atoms with Gasteiger partial charge < -0.3 is 10.2 Å². The fourth-order valence-corrected chi connectivity index (χ4v) is 1.62. The molecule has 0 saturated heterocycles. The lowest BCUT2D eigenvalue weighted by Gasteiger charge is -2.00. The van der Waals surface area contributed by atoms with Gasteiger partial charge in [-0.2, -0.15) is 0 Å². The smallest absolute Gasteiger partial charge is 0.126 e. The number of hydrogen-bond donors (Lipinski definition) is 1. The molecule has 0 saturated carbocycles. The monoisotopic (exact) mass is 219 g/mol. The van der Waals surface area contributed by atoms with Crippen molar-refractivity contribution < 1.29 is 8.81 Å². The molecule has 0 amide bonds. The van der Waals surface area contributed by atoms with E-state index in [0.717, 1.165) is 17.9 Å². The molecule has 2 rings (SSSR count). The van der Waals surface area contributed by atoms with Gasteiger partial charge >= 0.3 is 0 Å². The Morgan fingerprint density at radius 2 is 1.81 bits per heavy atom. The quantitative estimate of drug-likeness (QED) is 0.858. The van der Waals surface area contributed by atoms with Crippen LogP contribution in [-0.4, -0.2) is 6.54 Å². The summed E-state index contributed by atoms with van der Waals surface area (Å²) in [6.45, 7) is 0.562. The molecule has 0 atom stereocenters. The van der Waals surface area contributed by atoms with Crippen LogP contribution in [0.25, 0.3) is 0 Å². The lowest BCUT2D eigenvalue weighted by Crippen LogP contribution is -2.01. The van der Waals surface area contributed by atoms with Gasteiger partial charge in [-0.05, 0) is 30.3 Å². The fourth-order valence-electron chi connectivity index (χ4n) is 1.62. The standard InChI is InChI=1S/C13H14FNO/c14-13-4-2-1-3-10(13)9-12-6-5-11(16-12)7-8-15/h1-6H,7-9,15H2. The summed E-state index contributed by atoms with van der Waals surface area (Å²) in [4.78, 5) is 0. The Morgan fingerprint density at radius 1 is 1.06 bits per heavy atom. The third-order valence-corrected chi connectivity index (χ3v) is 2.43. The van der Waals surface area contributed by atoms with Crippen LogP contribution in [0.3, 0.4) is 0 Å². The summed E-state index contributed by atoms with van der Waals surface area (Å²) in [6.07, 6.45) is 1.20. The van der Waals surface area contributed by atoms with Gasteiger partial charge in [0.2, 0.25) is 0 Å². The van der Waals surface area contributed by atoms with Crippen molar-refractivity contribution in [3.63, 3.8) is 0 Å². The van der Waals surface area contributed by atoms with Gasteiger partial charge in [-0.25, -0.2) is 4.39 Å². The Labute approximate surface area is 93.9 Å². The normalized spacial score (nSPS) is 10.6. The number of benzene rings is 1. The van der Waals surface area contributed by atoms with Crippen molar-refractivity contribution >= 4 is 0 Å². The maximum absolute atomic E-state index is 13.4. The Balaban J connectivity index is 2.11. The summed E-state index contributed by atoms with van der Waals surface area (Å²) in [5.74, 6) is 1.43. The molecule has 0 aliphatic carbocycles. The minimum Gasteiger partial charge on any atom is -0.466 e. The molecule has 0 aliphatic heterocycles. The molecule has 1 aromatic carbocycles. The van der Waals surface area contributed by atoms with Crippen LogP contribution in [0.4, 0.5) is 4.39 Å². The maximum atomic E-state index is 13.4. The van der Waals surface area contributed by atoms with E-state index >= 15 is 0 Å². The Bertz CT molecular complexity index is 464. The number of hydrogen-bond acceptors (Lipinski definition) is 2. The summed E-state index contributed by atoms with van der Waals surface area (Å²) in [7, 11) is 0. The molecule has 2 N–H and O–H groups in total. The zero-order chi connectivity index (χ0) is 11.4. The molecule has 0 aliphatic rings. The maximum Gasteiger partial charge on any atom is 0.126 e. The SMILES string of the molecule is NCCc1ccc(Cc2ccccc2F)o1. The highest BCUT2D eigenvalue weighted by Crippen LogP contribution is 2.15. The molecule has 3 heteroatoms. The molecule has 1 heterocycles. The van der Waals surface area contributed by atoms with E-state index < -0.39 is 0 Å². The average molecular weight is 219 g/mol. The van der Waals surface area contributed by atoms with Gasteiger partial charge in [-0.1, -0.05) is 18.2 Å². The van der Waals surface area contributed by atoms with Gasteiger partial charge in [0.05, 0.1) is 0 Å². The first-order valence-electron chi connectivity index (χ1n) is 5.30. The molecule has 16 heavy (non-hydrogen) atoms. The van der Waals surface area contributed by atoms with Gasteiger partial charge in [-0.3, -0.25) is 0 Å². The highest BCUT2D eigenvalue weighted by atomic mass is 19.1. The van der Waals surface area contributed by atoms with Crippen LogP contribution in [0.1, 0.15) is 17.1 Å². The lowest BCUT2D eigenvalue weighted by molar-refractivity contribution is 0.471. The first-order valence-corrected chi connectivity index (χ1v) is 5.30. The molecular formula is C13H14FNO. The van der Waals surface area contributed by atoms with Crippen LogP contribution < -0.4 is 5.73 Å². The van der Waals surface area contributed by atoms with E-state index in [0.29, 0.717) is 18.5 Å². The third-order valence-electron chi connectivity index (χ3n) is 2.43. The molecule has 1 aromatic heterocycles. The Hall–Kier alpha value is -1.61. The van der Waals surface area contributed by atoms with E-state index in [1.165, 1.54) is 6.07 Å². The highest BCUT2D eigenvalue weighted by Gasteiger charge is 2.06. The first-order chi connectivity index (χ1) is 7.79. The van der Waals surface area contributed by atoms with Crippen LogP contribution in [0.15, 0.2) is 40.8 Å². The number of halogens is 1.